The number of hydrazone groups is 1. The van der Waals surface area contributed by atoms with Crippen LogP contribution in [0.3, 0.4) is 0 Å². The maximum atomic E-state index is 11.5. The van der Waals surface area contributed by atoms with Crippen molar-refractivity contribution in [1.29, 1.82) is 5.26 Å². The molecule has 6 heteroatoms. The quantitative estimate of drug-likeness (QED) is 0.837. The van der Waals surface area contributed by atoms with Crippen LogP contribution < -0.4 is 0 Å². The number of benzene rings is 1. The molecule has 2 aliphatic heterocycles. The number of hydrogen-bond donors (Lipinski definition) is 0. The van der Waals surface area contributed by atoms with Gasteiger partial charge in [-0.15, -0.1) is 0 Å². The van der Waals surface area contributed by atoms with Crippen molar-refractivity contribution in [2.24, 2.45) is 5.10 Å². The predicted octanol–water partition coefficient (Wildman–Crippen LogP) is 1.90. The second-order valence-corrected chi connectivity index (χ2v) is 5.64. The smallest absolute Gasteiger partial charge is 0.156 e. The van der Waals surface area contributed by atoms with Gasteiger partial charge in [0.2, 0.25) is 0 Å². The van der Waals surface area contributed by atoms with Gasteiger partial charge in [0.1, 0.15) is 12.2 Å². The van der Waals surface area contributed by atoms with Gasteiger partial charge in [-0.25, -0.2) is 0 Å². The van der Waals surface area contributed by atoms with Crippen LogP contribution in [0, 0.1) is 18.3 Å². The first-order valence-corrected chi connectivity index (χ1v) is 7.03. The van der Waals surface area contributed by atoms with E-state index in [2.05, 4.69) is 11.2 Å². The number of carbonyl (C=O) groups is 1. The van der Waals surface area contributed by atoms with Crippen molar-refractivity contribution in [1.82, 2.24) is 5.01 Å². The molecular weight excluding hydrogens is 290 g/mol. The molecule has 2 aliphatic rings. The van der Waals surface area contributed by atoms with E-state index in [4.69, 9.17) is 21.6 Å². The summed E-state index contributed by atoms with van der Waals surface area (Å²) < 4.78 is 5.56. The summed E-state index contributed by atoms with van der Waals surface area (Å²) in [5.41, 5.74) is 2.90. The van der Waals surface area contributed by atoms with Crippen molar-refractivity contribution in [2.75, 3.05) is 13.7 Å². The van der Waals surface area contributed by atoms with Crippen LogP contribution in [0.4, 0.5) is 0 Å². The van der Waals surface area contributed by atoms with Gasteiger partial charge in [0.15, 0.2) is 5.78 Å². The number of Topliss-reactive ketones (excluding diaryl/α,β-unsaturated/α-hetero) is 1. The maximum absolute atomic E-state index is 11.5. The summed E-state index contributed by atoms with van der Waals surface area (Å²) in [7, 11) is 1.62. The molecule has 1 fully saturated rings. The van der Waals surface area contributed by atoms with E-state index in [1.807, 2.05) is 13.0 Å². The number of fused-ring (bicyclic) bond motifs is 1. The topological polar surface area (TPSA) is 65.7 Å². The molecule has 2 heterocycles. The Morgan fingerprint density at radius 3 is 2.95 bits per heavy atom. The first kappa shape index (κ1) is 14.1. The minimum Gasteiger partial charge on any atom is -0.373 e. The number of methoxy groups -OCH3 is 1. The number of rotatable bonds is 2. The lowest BCUT2D eigenvalue weighted by atomic mass is 9.95. The first-order valence-electron chi connectivity index (χ1n) is 6.66. The monoisotopic (exact) mass is 303 g/mol. The highest BCUT2D eigenvalue weighted by molar-refractivity contribution is 6.33. The highest BCUT2D eigenvalue weighted by Gasteiger charge is 2.44. The second-order valence-electron chi connectivity index (χ2n) is 5.26. The molecule has 108 valence electrons. The van der Waals surface area contributed by atoms with E-state index in [0.717, 1.165) is 16.8 Å². The van der Waals surface area contributed by atoms with E-state index in [9.17, 15) is 4.79 Å². The van der Waals surface area contributed by atoms with Crippen LogP contribution in [-0.4, -0.2) is 42.3 Å². The van der Waals surface area contributed by atoms with Crippen molar-refractivity contribution in [3.8, 4) is 6.07 Å². The second kappa shape index (κ2) is 5.14. The Balaban J connectivity index is 2.05. The number of ketones is 1. The summed E-state index contributed by atoms with van der Waals surface area (Å²) in [5, 5.41) is 15.8. The Hall–Kier alpha value is -1.90. The van der Waals surface area contributed by atoms with Gasteiger partial charge < -0.3 is 4.74 Å². The summed E-state index contributed by atoms with van der Waals surface area (Å²) in [5.74, 6) is 0.180. The van der Waals surface area contributed by atoms with Crippen LogP contribution in [-0.2, 0) is 9.53 Å². The number of nitrogens with zero attached hydrogens (tertiary/aromatic N) is 3. The molecule has 1 aromatic carbocycles. The molecule has 0 saturated carbocycles. The molecule has 21 heavy (non-hydrogen) atoms. The molecule has 0 aromatic heterocycles. The minimum absolute atomic E-state index is 0.0358. The summed E-state index contributed by atoms with van der Waals surface area (Å²) in [6, 6.07) is 5.56. The first-order chi connectivity index (χ1) is 10.1. The Morgan fingerprint density at radius 2 is 2.29 bits per heavy atom. The third-order valence-corrected chi connectivity index (χ3v) is 4.54. The number of hydrogen-bond acceptors (Lipinski definition) is 5. The van der Waals surface area contributed by atoms with Crippen molar-refractivity contribution in [2.45, 2.75) is 25.5 Å². The normalized spacial score (nSPS) is 24.0. The molecule has 1 saturated heterocycles. The molecule has 5 nitrogen and oxygen atoms in total. The molecule has 0 amide bonds. The van der Waals surface area contributed by atoms with Crippen molar-refractivity contribution < 1.29 is 9.53 Å². The van der Waals surface area contributed by atoms with Crippen molar-refractivity contribution >= 4 is 23.1 Å². The number of nitriles is 1. The molecule has 2 unspecified atom stereocenters. The maximum Gasteiger partial charge on any atom is 0.156 e. The molecule has 0 radical (unpaired) electrons. The summed E-state index contributed by atoms with van der Waals surface area (Å²) >= 11 is 6.23. The van der Waals surface area contributed by atoms with Crippen LogP contribution in [0.5, 0.6) is 0 Å². The number of carbonyl (C=O) groups excluding carboxylic acids is 1. The molecule has 1 aromatic rings. The number of ether oxygens (including phenoxy) is 1. The van der Waals surface area contributed by atoms with Crippen molar-refractivity contribution in [3.05, 3.63) is 33.8 Å². The fourth-order valence-electron chi connectivity index (χ4n) is 2.98. The van der Waals surface area contributed by atoms with Crippen LogP contribution in [0.25, 0.3) is 0 Å². The van der Waals surface area contributed by atoms with E-state index in [1.165, 1.54) is 0 Å². The van der Waals surface area contributed by atoms with Gasteiger partial charge in [-0.3, -0.25) is 9.80 Å². The molecule has 3 rings (SSSR count). The molecule has 2 atom stereocenters. The molecule has 0 aliphatic carbocycles. The van der Waals surface area contributed by atoms with Gasteiger partial charge in [0.05, 0.1) is 28.9 Å². The van der Waals surface area contributed by atoms with Crippen molar-refractivity contribution in [3.63, 3.8) is 0 Å². The highest BCUT2D eigenvalue weighted by Crippen LogP contribution is 2.32. The van der Waals surface area contributed by atoms with E-state index < -0.39 is 0 Å². The largest absolute Gasteiger partial charge is 0.373 e. The fraction of sp³-hybridized carbons (Fsp3) is 0.400. The van der Waals surface area contributed by atoms with Crippen LogP contribution in [0.1, 0.15) is 23.1 Å². The number of halogens is 1. The van der Waals surface area contributed by atoms with Gasteiger partial charge in [0.25, 0.3) is 0 Å². The molecule has 0 bridgehead atoms. The summed E-state index contributed by atoms with van der Waals surface area (Å²) in [6.07, 6.45) is 0.202. The Morgan fingerprint density at radius 1 is 1.52 bits per heavy atom. The zero-order valence-electron chi connectivity index (χ0n) is 11.8. The van der Waals surface area contributed by atoms with Gasteiger partial charge in [-0.2, -0.15) is 10.4 Å². The van der Waals surface area contributed by atoms with Gasteiger partial charge in [-0.05, 0) is 18.6 Å². The van der Waals surface area contributed by atoms with E-state index >= 15 is 0 Å². The Labute approximate surface area is 127 Å². The van der Waals surface area contributed by atoms with Crippen LogP contribution >= 0.6 is 11.6 Å². The lowest BCUT2D eigenvalue weighted by Gasteiger charge is -2.19. The standard InChI is InChI=1S/C15H14ClN3O2/c1-8-11(4-3-9(6-17)13(8)16)14-15(21-2)12-5-10(20)7-19(12)18-14/h3-4,12,15H,5,7H2,1-2H3. The van der Waals surface area contributed by atoms with Gasteiger partial charge >= 0.3 is 0 Å². The van der Waals surface area contributed by atoms with E-state index in [-0.39, 0.29) is 17.9 Å². The van der Waals surface area contributed by atoms with Gasteiger partial charge in [-0.1, -0.05) is 17.7 Å². The SMILES string of the molecule is COC1C(c2ccc(C#N)c(Cl)c2C)=NN2CC(=O)CC12. The van der Waals surface area contributed by atoms with E-state index in [1.54, 1.807) is 18.2 Å². The summed E-state index contributed by atoms with van der Waals surface area (Å²) in [6.45, 7) is 2.19. The summed E-state index contributed by atoms with van der Waals surface area (Å²) in [4.78, 5) is 11.5. The van der Waals surface area contributed by atoms with E-state index in [0.29, 0.717) is 23.6 Å². The average molecular weight is 304 g/mol. The minimum atomic E-state index is -0.251. The predicted molar refractivity (Wildman–Crippen MR) is 78.4 cm³/mol. The van der Waals surface area contributed by atoms with Crippen LogP contribution in [0.15, 0.2) is 17.2 Å². The molecular formula is C15H14ClN3O2. The lowest BCUT2D eigenvalue weighted by molar-refractivity contribution is -0.117. The zero-order valence-corrected chi connectivity index (χ0v) is 12.5. The average Bonchev–Trinajstić information content (AvgIpc) is 2.97. The Kier molecular flexibility index (Phi) is 3.44. The third kappa shape index (κ3) is 2.11. The fourth-order valence-corrected chi connectivity index (χ4v) is 3.18. The molecule has 0 spiro atoms. The van der Waals surface area contributed by atoms with Gasteiger partial charge in [0, 0.05) is 19.1 Å². The highest BCUT2D eigenvalue weighted by atomic mass is 35.5. The lowest BCUT2D eigenvalue weighted by Crippen LogP contribution is -2.35. The Bertz CT molecular complexity index is 693. The van der Waals surface area contributed by atoms with Crippen LogP contribution in [0.2, 0.25) is 5.02 Å². The molecule has 0 N–H and O–H groups in total. The third-order valence-electron chi connectivity index (χ3n) is 4.05. The zero-order chi connectivity index (χ0) is 15.1.